The van der Waals surface area contributed by atoms with Crippen LogP contribution in [0.5, 0.6) is 5.75 Å². The third-order valence-electron chi connectivity index (χ3n) is 6.07. The molecule has 0 spiro atoms. The molecule has 4 aromatic rings. The maximum absolute atomic E-state index is 10.2. The van der Waals surface area contributed by atoms with Crippen molar-refractivity contribution in [1.82, 2.24) is 24.3 Å². The number of aryl methyl sites for hydroxylation is 2. The van der Waals surface area contributed by atoms with E-state index in [0.717, 1.165) is 47.6 Å². The lowest BCUT2D eigenvalue weighted by Gasteiger charge is -2.30. The summed E-state index contributed by atoms with van der Waals surface area (Å²) >= 11 is 0. The summed E-state index contributed by atoms with van der Waals surface area (Å²) in [7, 11) is 1.66. The van der Waals surface area contributed by atoms with Gasteiger partial charge < -0.3 is 9.30 Å². The van der Waals surface area contributed by atoms with Gasteiger partial charge in [0.2, 0.25) is 0 Å². The van der Waals surface area contributed by atoms with Crippen molar-refractivity contribution >= 4 is 12.2 Å². The van der Waals surface area contributed by atoms with Crippen molar-refractivity contribution in [1.29, 1.82) is 5.26 Å². The number of benzene rings is 2. The van der Waals surface area contributed by atoms with Crippen LogP contribution in [-0.4, -0.2) is 31.4 Å². The molecule has 2 aromatic heterocycles. The molecular formula is C26H24N6O. The second kappa shape index (κ2) is 8.40. The fraction of sp³-hybridized carbons (Fsp3) is 0.231. The van der Waals surface area contributed by atoms with E-state index >= 15 is 0 Å². The predicted molar refractivity (Wildman–Crippen MR) is 126 cm³/mol. The summed E-state index contributed by atoms with van der Waals surface area (Å²) in [5.74, 6) is 2.06. The number of nitriles is 1. The number of hydrogen-bond acceptors (Lipinski definition) is 5. The number of imidazole rings is 1. The van der Waals surface area contributed by atoms with E-state index in [4.69, 9.17) is 9.72 Å². The van der Waals surface area contributed by atoms with E-state index in [1.165, 1.54) is 0 Å². The van der Waals surface area contributed by atoms with E-state index < -0.39 is 5.41 Å². The number of aromatic nitrogens is 5. The van der Waals surface area contributed by atoms with Crippen molar-refractivity contribution < 1.29 is 4.74 Å². The number of nitrogens with zero attached hydrogens (tertiary/aromatic N) is 6. The van der Waals surface area contributed by atoms with Crippen LogP contribution < -0.4 is 4.74 Å². The minimum Gasteiger partial charge on any atom is -0.495 e. The van der Waals surface area contributed by atoms with Gasteiger partial charge in [0.25, 0.3) is 0 Å². The fourth-order valence-corrected chi connectivity index (χ4v) is 4.41. The topological polar surface area (TPSA) is 81.5 Å². The van der Waals surface area contributed by atoms with Crippen LogP contribution >= 0.6 is 0 Å². The maximum atomic E-state index is 10.2. The van der Waals surface area contributed by atoms with Crippen LogP contribution in [0.4, 0.5) is 0 Å². The molecule has 0 saturated carbocycles. The van der Waals surface area contributed by atoms with Crippen LogP contribution in [0.15, 0.2) is 61.1 Å². The second-order valence-corrected chi connectivity index (χ2v) is 8.19. The molecule has 0 unspecified atom stereocenters. The lowest BCUT2D eigenvalue weighted by atomic mass is 9.75. The summed E-state index contributed by atoms with van der Waals surface area (Å²) in [6.45, 7) is 2.72. The lowest BCUT2D eigenvalue weighted by Crippen LogP contribution is -2.34. The summed E-state index contributed by atoms with van der Waals surface area (Å²) in [5.41, 5.74) is 3.03. The fourth-order valence-electron chi connectivity index (χ4n) is 4.41. The summed E-state index contributed by atoms with van der Waals surface area (Å²) < 4.78 is 9.43. The summed E-state index contributed by atoms with van der Waals surface area (Å²) in [4.78, 5) is 9.07. The van der Waals surface area contributed by atoms with Gasteiger partial charge in [-0.25, -0.2) is 14.6 Å². The molecule has 3 heterocycles. The Labute approximate surface area is 192 Å². The Morgan fingerprint density at radius 2 is 2.00 bits per heavy atom. The molecule has 7 nitrogen and oxygen atoms in total. The minimum atomic E-state index is -0.771. The normalized spacial score (nSPS) is 17.6. The number of methoxy groups -OCH3 is 1. The number of hydrogen-bond donors (Lipinski definition) is 0. The molecule has 0 saturated heterocycles. The highest BCUT2D eigenvalue weighted by atomic mass is 16.5. The van der Waals surface area contributed by atoms with Crippen LogP contribution in [0.1, 0.15) is 41.3 Å². The van der Waals surface area contributed by atoms with Gasteiger partial charge in [0, 0.05) is 12.7 Å². The first-order valence-corrected chi connectivity index (χ1v) is 10.9. The molecule has 0 bridgehead atoms. The Balaban J connectivity index is 1.46. The van der Waals surface area contributed by atoms with Gasteiger partial charge in [-0.1, -0.05) is 42.5 Å². The van der Waals surface area contributed by atoms with Gasteiger partial charge >= 0.3 is 0 Å². The molecule has 7 heteroatoms. The summed E-state index contributed by atoms with van der Waals surface area (Å²) in [6.07, 6.45) is 9.20. The van der Waals surface area contributed by atoms with Crippen LogP contribution in [0.25, 0.3) is 17.8 Å². The smallest absolute Gasteiger partial charge is 0.174 e. The molecule has 0 N–H and O–H groups in total. The molecule has 2 aromatic carbocycles. The Morgan fingerprint density at radius 1 is 1.15 bits per heavy atom. The predicted octanol–water partition coefficient (Wildman–Crippen LogP) is 4.55. The van der Waals surface area contributed by atoms with Crippen LogP contribution in [0, 0.1) is 18.3 Å². The van der Waals surface area contributed by atoms with Crippen molar-refractivity contribution in [2.75, 3.05) is 7.11 Å². The summed E-state index contributed by atoms with van der Waals surface area (Å²) in [6, 6.07) is 18.4. The SMILES string of the molecule is COc1cc(C=Cc2nc3n(n2)CCC[C@]3(C#N)c2ccccc2)ccc1-n1cnc(C)c1. The first-order valence-electron chi connectivity index (χ1n) is 10.9. The first-order chi connectivity index (χ1) is 16.1. The Kier molecular flexibility index (Phi) is 5.27. The molecule has 164 valence electrons. The molecule has 5 rings (SSSR count). The van der Waals surface area contributed by atoms with Crippen LogP contribution in [0.3, 0.4) is 0 Å². The average Bonchev–Trinajstić information content (AvgIpc) is 3.49. The van der Waals surface area contributed by atoms with Crippen molar-refractivity contribution in [2.24, 2.45) is 0 Å². The van der Waals surface area contributed by atoms with E-state index in [1.54, 1.807) is 13.4 Å². The number of rotatable bonds is 5. The quantitative estimate of drug-likeness (QED) is 0.458. The van der Waals surface area contributed by atoms with Crippen LogP contribution in [-0.2, 0) is 12.0 Å². The summed E-state index contributed by atoms with van der Waals surface area (Å²) in [5, 5.41) is 14.8. The molecule has 0 fully saturated rings. The highest BCUT2D eigenvalue weighted by molar-refractivity contribution is 5.69. The Morgan fingerprint density at radius 3 is 2.73 bits per heavy atom. The van der Waals surface area contributed by atoms with E-state index in [2.05, 4.69) is 16.2 Å². The largest absolute Gasteiger partial charge is 0.495 e. The Hall–Kier alpha value is -4.18. The lowest BCUT2D eigenvalue weighted by molar-refractivity contribution is 0.393. The zero-order valence-corrected chi connectivity index (χ0v) is 18.6. The zero-order chi connectivity index (χ0) is 22.8. The molecule has 1 aliphatic rings. The first kappa shape index (κ1) is 20.7. The van der Waals surface area contributed by atoms with Crippen molar-refractivity contribution in [3.63, 3.8) is 0 Å². The zero-order valence-electron chi connectivity index (χ0n) is 18.6. The Bertz CT molecular complexity index is 1360. The average molecular weight is 437 g/mol. The van der Waals surface area contributed by atoms with Crippen molar-refractivity contribution in [3.8, 4) is 17.5 Å². The highest BCUT2D eigenvalue weighted by Crippen LogP contribution is 2.38. The van der Waals surface area contributed by atoms with E-state index in [1.807, 2.05) is 83.1 Å². The van der Waals surface area contributed by atoms with Gasteiger partial charge in [0.15, 0.2) is 11.6 Å². The molecular weight excluding hydrogens is 412 g/mol. The van der Waals surface area contributed by atoms with Gasteiger partial charge in [-0.05, 0) is 49.1 Å². The van der Waals surface area contributed by atoms with Crippen molar-refractivity contribution in [3.05, 3.63) is 89.5 Å². The monoisotopic (exact) mass is 436 g/mol. The minimum absolute atomic E-state index is 0.593. The molecule has 0 radical (unpaired) electrons. The molecule has 0 aliphatic carbocycles. The van der Waals surface area contributed by atoms with Gasteiger partial charge in [-0.3, -0.25) is 0 Å². The van der Waals surface area contributed by atoms with Crippen LogP contribution in [0.2, 0.25) is 0 Å². The number of ether oxygens (including phenoxy) is 1. The third-order valence-corrected chi connectivity index (χ3v) is 6.07. The maximum Gasteiger partial charge on any atom is 0.174 e. The van der Waals surface area contributed by atoms with Gasteiger partial charge in [0.1, 0.15) is 11.2 Å². The molecule has 0 amide bonds. The molecule has 1 atom stereocenters. The number of fused-ring (bicyclic) bond motifs is 1. The molecule has 33 heavy (non-hydrogen) atoms. The standard InChI is InChI=1S/C26H24N6O/c1-19-16-31(18-28-19)22-11-9-20(15-23(22)33-2)10-12-24-29-25-26(17-27,13-6-14-32(25)30-24)21-7-4-3-5-8-21/h3-5,7-12,15-16,18H,6,13-14H2,1-2H3/t26-/m0/s1. The van der Waals surface area contributed by atoms with E-state index in [-0.39, 0.29) is 0 Å². The van der Waals surface area contributed by atoms with Gasteiger partial charge in [-0.2, -0.15) is 10.4 Å². The van der Waals surface area contributed by atoms with Crippen molar-refractivity contribution in [2.45, 2.75) is 31.7 Å². The second-order valence-electron chi connectivity index (χ2n) is 8.19. The third kappa shape index (κ3) is 3.70. The van der Waals surface area contributed by atoms with Gasteiger partial charge in [-0.15, -0.1) is 0 Å². The van der Waals surface area contributed by atoms with Gasteiger partial charge in [0.05, 0.1) is 30.9 Å². The molecule has 1 aliphatic heterocycles. The highest BCUT2D eigenvalue weighted by Gasteiger charge is 2.41. The van der Waals surface area contributed by atoms with E-state index in [9.17, 15) is 5.26 Å². The van der Waals surface area contributed by atoms with E-state index in [0.29, 0.717) is 11.6 Å².